The molecule has 0 radical (unpaired) electrons. The molecule has 2 aromatic carbocycles. The third kappa shape index (κ3) is 3.08. The molecule has 0 unspecified atom stereocenters. The second kappa shape index (κ2) is 6.28. The third-order valence-corrected chi connectivity index (χ3v) is 5.10. The standard InChI is InChI=1S/C21H23NO3/c1-21(2)14-25-19(15-6-4-3-5-7-15)11-22(21)20(23)16-8-9-17-12-24-13-18(17)10-16/h3-10,19H,11-14H2,1-2H3/t19-/m1/s1. The van der Waals surface area contributed by atoms with Crippen LogP contribution in [0, 0.1) is 0 Å². The number of morpholine rings is 1. The average Bonchev–Trinajstić information content (AvgIpc) is 3.09. The largest absolute Gasteiger partial charge is 0.372 e. The van der Waals surface area contributed by atoms with Crippen LogP contribution in [-0.4, -0.2) is 29.5 Å². The minimum Gasteiger partial charge on any atom is -0.372 e. The maximum Gasteiger partial charge on any atom is 0.254 e. The summed E-state index contributed by atoms with van der Waals surface area (Å²) in [5.74, 6) is 0.0592. The van der Waals surface area contributed by atoms with Crippen LogP contribution < -0.4 is 0 Å². The van der Waals surface area contributed by atoms with Gasteiger partial charge in [0.1, 0.15) is 6.10 Å². The van der Waals surface area contributed by atoms with Gasteiger partial charge >= 0.3 is 0 Å². The van der Waals surface area contributed by atoms with Gasteiger partial charge in [-0.1, -0.05) is 36.4 Å². The predicted octanol–water partition coefficient (Wildman–Crippen LogP) is 3.71. The van der Waals surface area contributed by atoms with Crippen molar-refractivity contribution >= 4 is 5.91 Å². The van der Waals surface area contributed by atoms with E-state index in [2.05, 4.69) is 26.0 Å². The molecule has 2 heterocycles. The third-order valence-electron chi connectivity index (χ3n) is 5.10. The minimum absolute atomic E-state index is 0.0592. The first-order valence-corrected chi connectivity index (χ1v) is 8.73. The molecule has 0 aliphatic carbocycles. The molecular formula is C21H23NO3. The zero-order valence-corrected chi connectivity index (χ0v) is 14.7. The fourth-order valence-corrected chi connectivity index (χ4v) is 3.54. The van der Waals surface area contributed by atoms with Crippen LogP contribution >= 0.6 is 0 Å². The summed E-state index contributed by atoms with van der Waals surface area (Å²) in [6, 6.07) is 16.0. The molecule has 0 bridgehead atoms. The zero-order valence-electron chi connectivity index (χ0n) is 14.7. The summed E-state index contributed by atoms with van der Waals surface area (Å²) >= 11 is 0. The Balaban J connectivity index is 1.61. The number of ether oxygens (including phenoxy) is 2. The van der Waals surface area contributed by atoms with Crippen molar-refractivity contribution in [2.75, 3.05) is 13.2 Å². The van der Waals surface area contributed by atoms with Gasteiger partial charge < -0.3 is 14.4 Å². The molecule has 1 saturated heterocycles. The second-order valence-electron chi connectivity index (χ2n) is 7.41. The molecule has 4 rings (SSSR count). The van der Waals surface area contributed by atoms with Crippen molar-refractivity contribution in [3.05, 3.63) is 70.8 Å². The molecule has 1 amide bonds. The van der Waals surface area contributed by atoms with Crippen molar-refractivity contribution in [1.82, 2.24) is 4.90 Å². The van der Waals surface area contributed by atoms with Crippen LogP contribution in [0.1, 0.15) is 47.0 Å². The first kappa shape index (κ1) is 16.3. The van der Waals surface area contributed by atoms with Crippen LogP contribution in [0.2, 0.25) is 0 Å². The van der Waals surface area contributed by atoms with Gasteiger partial charge in [0.2, 0.25) is 0 Å². The van der Waals surface area contributed by atoms with Crippen LogP contribution in [0.4, 0.5) is 0 Å². The molecule has 0 N–H and O–H groups in total. The summed E-state index contributed by atoms with van der Waals surface area (Å²) in [7, 11) is 0. The van der Waals surface area contributed by atoms with E-state index in [0.717, 1.165) is 16.7 Å². The lowest BCUT2D eigenvalue weighted by Crippen LogP contribution is -2.56. The first-order valence-electron chi connectivity index (χ1n) is 8.73. The maximum absolute atomic E-state index is 13.2. The SMILES string of the molecule is CC1(C)CO[C@@H](c2ccccc2)CN1C(=O)c1ccc2c(c1)COC2. The van der Waals surface area contributed by atoms with E-state index in [1.165, 1.54) is 5.56 Å². The minimum atomic E-state index is -0.335. The first-order chi connectivity index (χ1) is 12.0. The summed E-state index contributed by atoms with van der Waals surface area (Å²) in [6.45, 7) is 6.43. The predicted molar refractivity (Wildman–Crippen MR) is 95.2 cm³/mol. The van der Waals surface area contributed by atoms with E-state index in [1.807, 2.05) is 41.3 Å². The van der Waals surface area contributed by atoms with Crippen molar-refractivity contribution in [3.8, 4) is 0 Å². The molecule has 1 fully saturated rings. The number of nitrogens with zero attached hydrogens (tertiary/aromatic N) is 1. The van der Waals surface area contributed by atoms with E-state index in [1.54, 1.807) is 0 Å². The van der Waals surface area contributed by atoms with Gasteiger partial charge in [-0.25, -0.2) is 0 Å². The maximum atomic E-state index is 13.2. The molecule has 2 aromatic rings. The van der Waals surface area contributed by atoms with Gasteiger partial charge in [0.25, 0.3) is 5.91 Å². The zero-order chi connectivity index (χ0) is 17.4. The number of benzene rings is 2. The molecule has 4 heteroatoms. The molecule has 1 atom stereocenters. The van der Waals surface area contributed by atoms with E-state index in [9.17, 15) is 4.79 Å². The highest BCUT2D eigenvalue weighted by Gasteiger charge is 2.39. The number of carbonyl (C=O) groups is 1. The van der Waals surface area contributed by atoms with E-state index >= 15 is 0 Å². The Kier molecular flexibility index (Phi) is 4.10. The highest BCUT2D eigenvalue weighted by Crippen LogP contribution is 2.32. The van der Waals surface area contributed by atoms with Crippen molar-refractivity contribution < 1.29 is 14.3 Å². The Bertz CT molecular complexity index is 785. The van der Waals surface area contributed by atoms with Gasteiger partial charge in [-0.05, 0) is 42.7 Å². The van der Waals surface area contributed by atoms with Gasteiger partial charge in [-0.3, -0.25) is 4.79 Å². The van der Waals surface area contributed by atoms with Crippen LogP contribution in [-0.2, 0) is 22.7 Å². The average molecular weight is 337 g/mol. The molecule has 130 valence electrons. The molecule has 25 heavy (non-hydrogen) atoms. The van der Waals surface area contributed by atoms with Crippen molar-refractivity contribution in [3.63, 3.8) is 0 Å². The molecule has 2 aliphatic heterocycles. The highest BCUT2D eigenvalue weighted by molar-refractivity contribution is 5.95. The van der Waals surface area contributed by atoms with Gasteiger partial charge in [-0.15, -0.1) is 0 Å². The molecule has 0 aromatic heterocycles. The Morgan fingerprint density at radius 1 is 1.08 bits per heavy atom. The fraction of sp³-hybridized carbons (Fsp3) is 0.381. The van der Waals surface area contributed by atoms with Gasteiger partial charge in [0, 0.05) is 5.56 Å². The Morgan fingerprint density at radius 2 is 1.84 bits per heavy atom. The molecule has 0 saturated carbocycles. The summed E-state index contributed by atoms with van der Waals surface area (Å²) < 4.78 is 11.5. The Labute approximate surface area is 148 Å². The van der Waals surface area contributed by atoms with Gasteiger partial charge in [0.15, 0.2) is 0 Å². The topological polar surface area (TPSA) is 38.8 Å². The number of carbonyl (C=O) groups excluding carboxylic acids is 1. The second-order valence-corrected chi connectivity index (χ2v) is 7.41. The molecule has 4 nitrogen and oxygen atoms in total. The van der Waals surface area contributed by atoms with Gasteiger partial charge in [-0.2, -0.15) is 0 Å². The van der Waals surface area contributed by atoms with E-state index in [-0.39, 0.29) is 17.6 Å². The molecular weight excluding hydrogens is 314 g/mol. The molecule has 0 spiro atoms. The van der Waals surface area contributed by atoms with Crippen molar-refractivity contribution in [2.45, 2.75) is 38.7 Å². The smallest absolute Gasteiger partial charge is 0.254 e. The normalized spacial score (nSPS) is 21.8. The van der Waals surface area contributed by atoms with Crippen LogP contribution in [0.3, 0.4) is 0 Å². The number of amides is 1. The summed E-state index contributed by atoms with van der Waals surface area (Å²) in [5, 5.41) is 0. The van der Waals surface area contributed by atoms with Crippen LogP contribution in [0.25, 0.3) is 0 Å². The van der Waals surface area contributed by atoms with Crippen molar-refractivity contribution in [2.24, 2.45) is 0 Å². The van der Waals surface area contributed by atoms with Crippen molar-refractivity contribution in [1.29, 1.82) is 0 Å². The Hall–Kier alpha value is -2.17. The number of fused-ring (bicyclic) bond motifs is 1. The quantitative estimate of drug-likeness (QED) is 0.838. The number of rotatable bonds is 2. The summed E-state index contributed by atoms with van der Waals surface area (Å²) in [5.41, 5.74) is 3.80. The van der Waals surface area contributed by atoms with E-state index in [4.69, 9.17) is 9.47 Å². The highest BCUT2D eigenvalue weighted by atomic mass is 16.5. The van der Waals surface area contributed by atoms with Crippen LogP contribution in [0.5, 0.6) is 0 Å². The van der Waals surface area contributed by atoms with Gasteiger partial charge in [0.05, 0.1) is 31.9 Å². The lowest BCUT2D eigenvalue weighted by molar-refractivity contribution is -0.0846. The van der Waals surface area contributed by atoms with E-state index in [0.29, 0.717) is 26.4 Å². The van der Waals surface area contributed by atoms with Crippen LogP contribution in [0.15, 0.2) is 48.5 Å². The number of hydrogen-bond donors (Lipinski definition) is 0. The fourth-order valence-electron chi connectivity index (χ4n) is 3.54. The molecule has 2 aliphatic rings. The van der Waals surface area contributed by atoms with E-state index < -0.39 is 0 Å². The summed E-state index contributed by atoms with van der Waals surface area (Å²) in [6.07, 6.45) is -0.0871. The number of hydrogen-bond acceptors (Lipinski definition) is 3. The lowest BCUT2D eigenvalue weighted by atomic mass is 9.96. The Morgan fingerprint density at radius 3 is 2.64 bits per heavy atom. The monoisotopic (exact) mass is 337 g/mol. The lowest BCUT2D eigenvalue weighted by Gasteiger charge is -2.45. The summed E-state index contributed by atoms with van der Waals surface area (Å²) in [4.78, 5) is 15.2.